The third-order valence-electron chi connectivity index (χ3n) is 3.98. The van der Waals surface area contributed by atoms with Gasteiger partial charge >= 0.3 is 0 Å². The number of nitrogens with zero attached hydrogens (tertiary/aromatic N) is 1. The van der Waals surface area contributed by atoms with Gasteiger partial charge in [-0.25, -0.2) is 4.39 Å². The lowest BCUT2D eigenvalue weighted by molar-refractivity contribution is 0.0740. The summed E-state index contributed by atoms with van der Waals surface area (Å²) in [5, 5.41) is 0. The number of carbonyl (C=O) groups is 1. The number of hydrogen-bond acceptors (Lipinski definition) is 2. The van der Waals surface area contributed by atoms with Gasteiger partial charge in [-0.3, -0.25) is 4.79 Å². The smallest absolute Gasteiger partial charge is 0.254 e. The third kappa shape index (κ3) is 3.70. The number of aryl methyl sites for hydroxylation is 1. The van der Waals surface area contributed by atoms with E-state index in [1.165, 1.54) is 6.07 Å². The second kappa shape index (κ2) is 7.27. The lowest BCUT2D eigenvalue weighted by Gasteiger charge is -2.26. The Hall–Kier alpha value is -2.36. The minimum absolute atomic E-state index is 0.146. The van der Waals surface area contributed by atoms with Crippen molar-refractivity contribution in [2.75, 3.05) is 13.7 Å². The van der Waals surface area contributed by atoms with Crippen LogP contribution in [0.3, 0.4) is 0 Å². The van der Waals surface area contributed by atoms with Crippen LogP contribution < -0.4 is 4.74 Å². The second-order valence-corrected chi connectivity index (χ2v) is 5.53. The molecular weight excluding hydrogens is 293 g/mol. The zero-order valence-corrected chi connectivity index (χ0v) is 14.0. The number of benzene rings is 2. The number of hydrogen-bond donors (Lipinski definition) is 0. The van der Waals surface area contributed by atoms with Crippen LogP contribution in [0.15, 0.2) is 42.5 Å². The van der Waals surface area contributed by atoms with E-state index in [0.717, 1.165) is 11.3 Å². The van der Waals surface area contributed by atoms with Crippen molar-refractivity contribution in [1.82, 2.24) is 4.90 Å². The zero-order valence-electron chi connectivity index (χ0n) is 14.0. The molecule has 2 rings (SSSR count). The summed E-state index contributed by atoms with van der Waals surface area (Å²) in [4.78, 5) is 14.2. The summed E-state index contributed by atoms with van der Waals surface area (Å²) in [6, 6.07) is 11.5. The minimum Gasteiger partial charge on any atom is -0.494 e. The number of rotatable bonds is 5. The van der Waals surface area contributed by atoms with Gasteiger partial charge in [0.1, 0.15) is 11.6 Å². The topological polar surface area (TPSA) is 29.5 Å². The first-order chi connectivity index (χ1) is 11.0. The molecule has 0 aromatic heterocycles. The quantitative estimate of drug-likeness (QED) is 0.820. The summed E-state index contributed by atoms with van der Waals surface area (Å²) in [6.45, 7) is 6.22. The molecule has 0 saturated heterocycles. The number of halogens is 1. The van der Waals surface area contributed by atoms with Crippen molar-refractivity contribution in [3.63, 3.8) is 0 Å². The monoisotopic (exact) mass is 315 g/mol. The fourth-order valence-corrected chi connectivity index (χ4v) is 2.50. The van der Waals surface area contributed by atoms with E-state index in [-0.39, 0.29) is 17.8 Å². The molecule has 4 heteroatoms. The van der Waals surface area contributed by atoms with E-state index in [1.807, 2.05) is 20.8 Å². The van der Waals surface area contributed by atoms with Crippen LogP contribution in [-0.2, 0) is 0 Å². The molecule has 2 aromatic carbocycles. The van der Waals surface area contributed by atoms with Gasteiger partial charge in [-0.05, 0) is 50.6 Å². The van der Waals surface area contributed by atoms with Gasteiger partial charge in [0.05, 0.1) is 12.6 Å². The molecule has 2 aromatic rings. The predicted octanol–water partition coefficient (Wildman–Crippen LogP) is 4.37. The molecule has 1 amide bonds. The Bertz CT molecular complexity index is 700. The largest absolute Gasteiger partial charge is 0.494 e. The molecule has 122 valence electrons. The first kappa shape index (κ1) is 17.0. The standard InChI is InChI=1S/C19H22FNO2/c1-5-23-18-11-10-15(12-13(18)2)19(22)21(4)14(3)16-8-6-7-9-17(16)20/h6-12,14H,5H2,1-4H3. The Morgan fingerprint density at radius 1 is 1.26 bits per heavy atom. The molecule has 0 aliphatic rings. The Morgan fingerprint density at radius 2 is 1.96 bits per heavy atom. The lowest BCUT2D eigenvalue weighted by Crippen LogP contribution is -2.30. The van der Waals surface area contributed by atoms with Gasteiger partial charge in [0.25, 0.3) is 5.91 Å². The van der Waals surface area contributed by atoms with Gasteiger partial charge in [-0.1, -0.05) is 18.2 Å². The molecule has 23 heavy (non-hydrogen) atoms. The number of carbonyl (C=O) groups excluding carboxylic acids is 1. The first-order valence-electron chi connectivity index (χ1n) is 7.70. The average Bonchev–Trinajstić information content (AvgIpc) is 2.55. The van der Waals surface area contributed by atoms with Crippen LogP contribution in [0.2, 0.25) is 0 Å². The van der Waals surface area contributed by atoms with Gasteiger partial charge < -0.3 is 9.64 Å². The van der Waals surface area contributed by atoms with Crippen molar-refractivity contribution in [3.8, 4) is 5.75 Å². The van der Waals surface area contributed by atoms with Crippen LogP contribution in [0.4, 0.5) is 4.39 Å². The Labute approximate surface area is 136 Å². The average molecular weight is 315 g/mol. The van der Waals surface area contributed by atoms with Crippen LogP contribution in [0, 0.1) is 12.7 Å². The molecule has 0 heterocycles. The maximum Gasteiger partial charge on any atom is 0.254 e. The highest BCUT2D eigenvalue weighted by atomic mass is 19.1. The molecule has 1 atom stereocenters. The van der Waals surface area contributed by atoms with Crippen molar-refractivity contribution in [2.24, 2.45) is 0 Å². The van der Waals surface area contributed by atoms with Crippen molar-refractivity contribution >= 4 is 5.91 Å². The van der Waals surface area contributed by atoms with Gasteiger partial charge in [0.15, 0.2) is 0 Å². The first-order valence-corrected chi connectivity index (χ1v) is 7.70. The number of ether oxygens (including phenoxy) is 1. The molecule has 0 N–H and O–H groups in total. The molecule has 0 spiro atoms. The predicted molar refractivity (Wildman–Crippen MR) is 89.3 cm³/mol. The van der Waals surface area contributed by atoms with Crippen LogP contribution in [0.25, 0.3) is 0 Å². The molecule has 0 bridgehead atoms. The molecular formula is C19H22FNO2. The third-order valence-corrected chi connectivity index (χ3v) is 3.98. The lowest BCUT2D eigenvalue weighted by atomic mass is 10.0. The molecule has 0 fully saturated rings. The van der Waals surface area contributed by atoms with Gasteiger partial charge in [0.2, 0.25) is 0 Å². The Kier molecular flexibility index (Phi) is 5.37. The van der Waals surface area contributed by atoms with Gasteiger partial charge in [-0.15, -0.1) is 0 Å². The van der Waals surface area contributed by atoms with Crippen LogP contribution in [0.1, 0.15) is 41.4 Å². The van der Waals surface area contributed by atoms with Crippen LogP contribution in [0.5, 0.6) is 5.75 Å². The van der Waals surface area contributed by atoms with Crippen molar-refractivity contribution in [1.29, 1.82) is 0 Å². The highest BCUT2D eigenvalue weighted by molar-refractivity contribution is 5.94. The SMILES string of the molecule is CCOc1ccc(C(=O)N(C)C(C)c2ccccc2F)cc1C. The summed E-state index contributed by atoms with van der Waals surface area (Å²) in [5.74, 6) is 0.322. The van der Waals surface area contributed by atoms with Crippen molar-refractivity contribution in [3.05, 3.63) is 65.0 Å². The second-order valence-electron chi connectivity index (χ2n) is 5.53. The maximum atomic E-state index is 13.9. The Balaban J connectivity index is 2.22. The highest BCUT2D eigenvalue weighted by Gasteiger charge is 2.21. The van der Waals surface area contributed by atoms with Crippen LogP contribution >= 0.6 is 0 Å². The molecule has 0 saturated carbocycles. The van der Waals surface area contributed by atoms with E-state index < -0.39 is 0 Å². The van der Waals surface area contributed by atoms with Crippen molar-refractivity contribution in [2.45, 2.75) is 26.8 Å². The summed E-state index contributed by atoms with van der Waals surface area (Å²) < 4.78 is 19.4. The number of amides is 1. The van der Waals surface area contributed by atoms with Gasteiger partial charge in [0, 0.05) is 18.2 Å². The van der Waals surface area contributed by atoms with E-state index in [0.29, 0.717) is 17.7 Å². The zero-order chi connectivity index (χ0) is 17.0. The fourth-order valence-electron chi connectivity index (χ4n) is 2.50. The summed E-state index contributed by atoms with van der Waals surface area (Å²) in [6.07, 6.45) is 0. The van der Waals surface area contributed by atoms with E-state index >= 15 is 0 Å². The van der Waals surface area contributed by atoms with Gasteiger partial charge in [-0.2, -0.15) is 0 Å². The Morgan fingerprint density at radius 3 is 2.57 bits per heavy atom. The molecule has 0 aliphatic carbocycles. The molecule has 0 radical (unpaired) electrons. The molecule has 1 unspecified atom stereocenters. The van der Waals surface area contributed by atoms with E-state index in [4.69, 9.17) is 4.74 Å². The normalized spacial score (nSPS) is 11.9. The maximum absolute atomic E-state index is 13.9. The summed E-state index contributed by atoms with van der Waals surface area (Å²) in [7, 11) is 1.69. The molecule has 0 aliphatic heterocycles. The highest BCUT2D eigenvalue weighted by Crippen LogP contribution is 2.25. The van der Waals surface area contributed by atoms with E-state index in [1.54, 1.807) is 48.3 Å². The summed E-state index contributed by atoms with van der Waals surface area (Å²) >= 11 is 0. The summed E-state index contributed by atoms with van der Waals surface area (Å²) in [5.41, 5.74) is 1.98. The van der Waals surface area contributed by atoms with Crippen LogP contribution in [-0.4, -0.2) is 24.5 Å². The fraction of sp³-hybridized carbons (Fsp3) is 0.316. The molecule has 3 nitrogen and oxygen atoms in total. The van der Waals surface area contributed by atoms with E-state index in [2.05, 4.69) is 0 Å². The minimum atomic E-state index is -0.351. The van der Waals surface area contributed by atoms with E-state index in [9.17, 15) is 9.18 Å². The van der Waals surface area contributed by atoms with Crippen molar-refractivity contribution < 1.29 is 13.9 Å².